The number of carbonyl (C=O) groups excluding carboxylic acids is 1. The van der Waals surface area contributed by atoms with Crippen molar-refractivity contribution in [2.75, 3.05) is 5.32 Å². The van der Waals surface area contributed by atoms with Gasteiger partial charge in [0.05, 0.1) is 5.75 Å². The largest absolute Gasteiger partial charge is 0.411 e. The second-order valence-electron chi connectivity index (χ2n) is 6.50. The summed E-state index contributed by atoms with van der Waals surface area (Å²) >= 11 is 1.31. The van der Waals surface area contributed by atoms with E-state index >= 15 is 0 Å². The Morgan fingerprint density at radius 2 is 1.93 bits per heavy atom. The molecule has 1 aromatic carbocycles. The zero-order valence-electron chi connectivity index (χ0n) is 16.3. The van der Waals surface area contributed by atoms with Crippen molar-refractivity contribution < 1.29 is 18.3 Å². The van der Waals surface area contributed by atoms with Gasteiger partial charge in [0.25, 0.3) is 5.22 Å². The third-order valence-electron chi connectivity index (χ3n) is 4.00. The molecular weight excluding hydrogens is 408 g/mol. The van der Waals surface area contributed by atoms with Gasteiger partial charge in [0.1, 0.15) is 5.76 Å². The molecule has 3 aromatic heterocycles. The van der Waals surface area contributed by atoms with Gasteiger partial charge in [0, 0.05) is 24.5 Å². The van der Waals surface area contributed by atoms with Crippen molar-refractivity contribution in [2.24, 2.45) is 0 Å². The molecule has 30 heavy (non-hydrogen) atoms. The summed E-state index contributed by atoms with van der Waals surface area (Å²) in [5, 5.41) is 18.8. The van der Waals surface area contributed by atoms with Crippen molar-refractivity contribution in [2.45, 2.75) is 37.7 Å². The Bertz CT molecular complexity index is 1130. The number of rotatable bonds is 8. The summed E-state index contributed by atoms with van der Waals surface area (Å²) in [7, 11) is 0. The molecule has 0 bridgehead atoms. The van der Waals surface area contributed by atoms with Crippen LogP contribution in [0.25, 0.3) is 11.5 Å². The highest BCUT2D eigenvalue weighted by Gasteiger charge is 2.13. The van der Waals surface area contributed by atoms with Gasteiger partial charge in [0.2, 0.25) is 17.7 Å². The van der Waals surface area contributed by atoms with Crippen molar-refractivity contribution in [3.05, 3.63) is 53.4 Å². The predicted octanol–water partition coefficient (Wildman–Crippen LogP) is 3.59. The average molecular weight is 426 g/mol. The topological polar surface area (TPSA) is 133 Å². The normalized spacial score (nSPS) is 11.0. The minimum atomic E-state index is -0.216. The zero-order valence-corrected chi connectivity index (χ0v) is 17.1. The van der Waals surface area contributed by atoms with Crippen LogP contribution in [0, 0.1) is 13.8 Å². The summed E-state index contributed by atoms with van der Waals surface area (Å²) in [5.41, 5.74) is 2.02. The Morgan fingerprint density at radius 3 is 2.70 bits per heavy atom. The minimum Gasteiger partial charge on any atom is -0.411 e. The first-order valence-electron chi connectivity index (χ1n) is 9.13. The molecule has 0 aliphatic carbocycles. The fourth-order valence-electron chi connectivity index (χ4n) is 2.51. The standard InChI is InChI=1S/C19H18N6O4S/c1-11-3-5-13(6-4-11)18-22-23-19(27-18)30-10-15-21-17(29-25-15)8-7-16(26)20-14-9-12(2)28-24-14/h3-6,9H,7-8,10H2,1-2H3,(H,20,24,26). The van der Waals surface area contributed by atoms with E-state index in [4.69, 9.17) is 13.5 Å². The lowest BCUT2D eigenvalue weighted by atomic mass is 10.1. The summed E-state index contributed by atoms with van der Waals surface area (Å²) < 4.78 is 15.8. The lowest BCUT2D eigenvalue weighted by Crippen LogP contribution is -2.12. The number of nitrogens with zero attached hydrogens (tertiary/aromatic N) is 5. The molecule has 0 unspecified atom stereocenters. The molecule has 0 saturated heterocycles. The van der Waals surface area contributed by atoms with Crippen molar-refractivity contribution in [1.29, 1.82) is 0 Å². The molecule has 0 fully saturated rings. The molecule has 4 rings (SSSR count). The smallest absolute Gasteiger partial charge is 0.277 e. The van der Waals surface area contributed by atoms with E-state index in [2.05, 4.69) is 30.8 Å². The van der Waals surface area contributed by atoms with Crippen LogP contribution in [0.2, 0.25) is 0 Å². The van der Waals surface area contributed by atoms with Gasteiger partial charge in [-0.25, -0.2) is 0 Å². The van der Waals surface area contributed by atoms with Crippen LogP contribution in [0.5, 0.6) is 0 Å². The molecule has 10 nitrogen and oxygen atoms in total. The summed E-state index contributed by atoms with van der Waals surface area (Å²) in [5.74, 6) is 2.51. The highest BCUT2D eigenvalue weighted by molar-refractivity contribution is 7.98. The maximum Gasteiger partial charge on any atom is 0.277 e. The van der Waals surface area contributed by atoms with E-state index < -0.39 is 0 Å². The van der Waals surface area contributed by atoms with E-state index in [0.717, 1.165) is 11.1 Å². The molecule has 0 aliphatic rings. The Labute approximate surface area is 175 Å². The summed E-state index contributed by atoms with van der Waals surface area (Å²) in [6.07, 6.45) is 0.503. The number of aromatic nitrogens is 5. The van der Waals surface area contributed by atoms with Crippen molar-refractivity contribution in [3.63, 3.8) is 0 Å². The first-order valence-corrected chi connectivity index (χ1v) is 10.1. The van der Waals surface area contributed by atoms with E-state index in [1.807, 2.05) is 31.2 Å². The second kappa shape index (κ2) is 8.91. The van der Waals surface area contributed by atoms with Gasteiger partial charge < -0.3 is 18.8 Å². The van der Waals surface area contributed by atoms with Crippen LogP contribution in [-0.4, -0.2) is 31.4 Å². The highest BCUT2D eigenvalue weighted by Crippen LogP contribution is 2.25. The quantitative estimate of drug-likeness (QED) is 0.417. The third-order valence-corrected chi connectivity index (χ3v) is 4.82. The SMILES string of the molecule is Cc1ccc(-c2nnc(SCc3noc(CCC(=O)Nc4cc(C)on4)n3)o2)cc1. The number of aryl methyl sites for hydroxylation is 3. The fourth-order valence-corrected chi connectivity index (χ4v) is 3.11. The predicted molar refractivity (Wildman–Crippen MR) is 107 cm³/mol. The molecule has 1 N–H and O–H groups in total. The average Bonchev–Trinajstić information content (AvgIpc) is 3.47. The molecule has 3 heterocycles. The number of hydrogen-bond donors (Lipinski definition) is 1. The van der Waals surface area contributed by atoms with Gasteiger partial charge in [0.15, 0.2) is 11.6 Å². The molecule has 0 radical (unpaired) electrons. The zero-order chi connectivity index (χ0) is 20.9. The molecule has 0 saturated carbocycles. The van der Waals surface area contributed by atoms with E-state index in [-0.39, 0.29) is 12.3 Å². The van der Waals surface area contributed by atoms with E-state index in [9.17, 15) is 4.79 Å². The Kier molecular flexibility index (Phi) is 5.89. The van der Waals surface area contributed by atoms with E-state index in [1.54, 1.807) is 13.0 Å². The molecule has 154 valence electrons. The van der Waals surface area contributed by atoms with Crippen LogP contribution in [0.3, 0.4) is 0 Å². The van der Waals surface area contributed by atoms with E-state index in [1.165, 1.54) is 11.8 Å². The molecule has 4 aromatic rings. The number of nitrogens with one attached hydrogen (secondary N) is 1. The minimum absolute atomic E-state index is 0.185. The van der Waals surface area contributed by atoms with Gasteiger partial charge in [-0.15, -0.1) is 10.2 Å². The maximum atomic E-state index is 11.9. The Balaban J connectivity index is 1.25. The number of carbonyl (C=O) groups is 1. The first-order chi connectivity index (χ1) is 14.5. The summed E-state index contributed by atoms with van der Waals surface area (Å²) in [6, 6.07) is 9.48. The molecule has 1 amide bonds. The molecule has 0 spiro atoms. The number of benzene rings is 1. The summed E-state index contributed by atoms with van der Waals surface area (Å²) in [6.45, 7) is 3.76. The number of thioether (sulfide) groups is 1. The summed E-state index contributed by atoms with van der Waals surface area (Å²) in [4.78, 5) is 16.2. The second-order valence-corrected chi connectivity index (χ2v) is 7.43. The van der Waals surface area contributed by atoms with Crippen molar-refractivity contribution >= 4 is 23.5 Å². The number of hydrogen-bond acceptors (Lipinski definition) is 10. The molecule has 0 aliphatic heterocycles. The van der Waals surface area contributed by atoms with Gasteiger partial charge in [-0.2, -0.15) is 4.98 Å². The van der Waals surface area contributed by atoms with Crippen LogP contribution in [0.4, 0.5) is 5.82 Å². The Morgan fingerprint density at radius 1 is 1.10 bits per heavy atom. The number of amides is 1. The van der Waals surface area contributed by atoms with E-state index in [0.29, 0.717) is 46.6 Å². The molecule has 11 heteroatoms. The van der Waals surface area contributed by atoms with Crippen molar-refractivity contribution in [1.82, 2.24) is 25.5 Å². The van der Waals surface area contributed by atoms with Gasteiger partial charge in [-0.1, -0.05) is 39.8 Å². The van der Waals surface area contributed by atoms with Crippen molar-refractivity contribution in [3.8, 4) is 11.5 Å². The maximum absolute atomic E-state index is 11.9. The highest BCUT2D eigenvalue weighted by atomic mass is 32.2. The fraction of sp³-hybridized carbons (Fsp3) is 0.263. The monoisotopic (exact) mass is 426 g/mol. The van der Waals surface area contributed by atoms with Crippen LogP contribution in [-0.2, 0) is 17.0 Å². The van der Waals surface area contributed by atoms with Gasteiger partial charge in [-0.05, 0) is 26.0 Å². The molecular formula is C19H18N6O4S. The van der Waals surface area contributed by atoms with Gasteiger partial charge >= 0.3 is 0 Å². The van der Waals surface area contributed by atoms with Crippen LogP contribution in [0.15, 0.2) is 49.0 Å². The molecule has 0 atom stereocenters. The lowest BCUT2D eigenvalue weighted by Gasteiger charge is -1.98. The lowest BCUT2D eigenvalue weighted by molar-refractivity contribution is -0.116. The van der Waals surface area contributed by atoms with Gasteiger partial charge in [-0.3, -0.25) is 4.79 Å². The van der Waals surface area contributed by atoms with Crippen LogP contribution in [0.1, 0.15) is 29.5 Å². The van der Waals surface area contributed by atoms with Crippen LogP contribution >= 0.6 is 11.8 Å². The third kappa shape index (κ3) is 5.11. The number of anilines is 1. The first kappa shape index (κ1) is 19.8. The van der Waals surface area contributed by atoms with Crippen LogP contribution < -0.4 is 5.32 Å². The Hall–Kier alpha value is -3.47.